The molecule has 0 amide bonds. The van der Waals surface area contributed by atoms with Crippen LogP contribution in [0.15, 0.2) is 18.2 Å². The van der Waals surface area contributed by atoms with Gasteiger partial charge in [-0.05, 0) is 32.4 Å². The zero-order valence-electron chi connectivity index (χ0n) is 12.2. The highest BCUT2D eigenvalue weighted by Gasteiger charge is 2.25. The summed E-state index contributed by atoms with van der Waals surface area (Å²) in [5.41, 5.74) is 0.879. The average Bonchev–Trinajstić information content (AvgIpc) is 2.44. The molecule has 20 heavy (non-hydrogen) atoms. The lowest BCUT2D eigenvalue weighted by atomic mass is 10.0. The van der Waals surface area contributed by atoms with Gasteiger partial charge in [0.25, 0.3) is 0 Å². The monoisotopic (exact) mass is 279 g/mol. The summed E-state index contributed by atoms with van der Waals surface area (Å²) >= 11 is 0. The minimum absolute atomic E-state index is 0.192. The van der Waals surface area contributed by atoms with E-state index in [4.69, 9.17) is 9.47 Å². The molecule has 5 heteroatoms. The highest BCUT2D eigenvalue weighted by molar-refractivity contribution is 5.93. The molecule has 5 nitrogen and oxygen atoms in total. The van der Waals surface area contributed by atoms with E-state index in [2.05, 4.69) is 4.90 Å². The van der Waals surface area contributed by atoms with Gasteiger partial charge < -0.3 is 19.5 Å². The number of nitrogens with zero attached hydrogens (tertiary/aromatic N) is 1. The standard InChI is InChI=1S/C15H21NO4/c1-15(2,19-3)7-8-16-9-10-20-13-11(14(17)18)5-4-6-12(13)16/h4-6H,7-10H2,1-3H3,(H,17,18). The predicted octanol–water partition coefficient (Wildman–Crippen LogP) is 2.40. The van der Waals surface area contributed by atoms with E-state index in [0.29, 0.717) is 12.4 Å². The lowest BCUT2D eigenvalue weighted by Gasteiger charge is -2.34. The van der Waals surface area contributed by atoms with Crippen LogP contribution < -0.4 is 9.64 Å². The minimum Gasteiger partial charge on any atom is -0.489 e. The molecule has 1 aromatic carbocycles. The van der Waals surface area contributed by atoms with Crippen molar-refractivity contribution in [3.63, 3.8) is 0 Å². The van der Waals surface area contributed by atoms with Gasteiger partial charge in [-0.3, -0.25) is 0 Å². The second-order valence-corrected chi connectivity index (χ2v) is 5.51. The van der Waals surface area contributed by atoms with Crippen molar-refractivity contribution < 1.29 is 19.4 Å². The van der Waals surface area contributed by atoms with E-state index in [-0.39, 0.29) is 11.2 Å². The van der Waals surface area contributed by atoms with E-state index in [1.165, 1.54) is 0 Å². The van der Waals surface area contributed by atoms with Gasteiger partial charge in [0.05, 0.1) is 17.8 Å². The molecule has 1 heterocycles. The summed E-state index contributed by atoms with van der Waals surface area (Å²) in [4.78, 5) is 13.4. The number of rotatable bonds is 5. The zero-order valence-corrected chi connectivity index (χ0v) is 12.2. The van der Waals surface area contributed by atoms with Crippen LogP contribution in [0.4, 0.5) is 5.69 Å². The Balaban J connectivity index is 2.21. The Hall–Kier alpha value is -1.75. The van der Waals surface area contributed by atoms with Gasteiger partial charge >= 0.3 is 5.97 Å². The first-order chi connectivity index (χ1) is 9.44. The number of ether oxygens (including phenoxy) is 2. The van der Waals surface area contributed by atoms with Crippen LogP contribution in [0.25, 0.3) is 0 Å². The van der Waals surface area contributed by atoms with Gasteiger partial charge in [0.15, 0.2) is 5.75 Å². The van der Waals surface area contributed by atoms with Gasteiger partial charge in [-0.15, -0.1) is 0 Å². The third-order valence-electron chi connectivity index (χ3n) is 3.71. The van der Waals surface area contributed by atoms with E-state index in [1.54, 1.807) is 19.2 Å². The lowest BCUT2D eigenvalue weighted by molar-refractivity contribution is 0.0169. The van der Waals surface area contributed by atoms with E-state index in [9.17, 15) is 9.90 Å². The molecule has 0 unspecified atom stereocenters. The molecule has 0 saturated heterocycles. The maximum atomic E-state index is 11.2. The van der Waals surface area contributed by atoms with Crippen LogP contribution in [0, 0.1) is 0 Å². The van der Waals surface area contributed by atoms with Crippen LogP contribution in [0.1, 0.15) is 30.6 Å². The van der Waals surface area contributed by atoms with Gasteiger partial charge in [-0.2, -0.15) is 0 Å². The summed E-state index contributed by atoms with van der Waals surface area (Å²) in [6.45, 7) is 6.16. The molecule has 1 aliphatic heterocycles. The third kappa shape index (κ3) is 3.04. The summed E-state index contributed by atoms with van der Waals surface area (Å²) in [6, 6.07) is 5.23. The molecule has 1 aromatic rings. The molecule has 110 valence electrons. The largest absolute Gasteiger partial charge is 0.489 e. The molecule has 1 aliphatic rings. The first kappa shape index (κ1) is 14.7. The predicted molar refractivity (Wildman–Crippen MR) is 76.8 cm³/mol. The Morgan fingerprint density at radius 1 is 1.50 bits per heavy atom. The first-order valence-corrected chi connectivity index (χ1v) is 6.74. The van der Waals surface area contributed by atoms with Crippen LogP contribution in [0.3, 0.4) is 0 Å². The van der Waals surface area contributed by atoms with E-state index >= 15 is 0 Å². The summed E-state index contributed by atoms with van der Waals surface area (Å²) in [7, 11) is 1.70. The molecule has 0 spiro atoms. The minimum atomic E-state index is -0.957. The first-order valence-electron chi connectivity index (χ1n) is 6.74. The van der Waals surface area contributed by atoms with Gasteiger partial charge in [0.2, 0.25) is 0 Å². The summed E-state index contributed by atoms with van der Waals surface area (Å²) in [5.74, 6) is -0.484. The van der Waals surface area contributed by atoms with E-state index < -0.39 is 5.97 Å². The summed E-state index contributed by atoms with van der Waals surface area (Å²) in [6.07, 6.45) is 0.861. The summed E-state index contributed by atoms with van der Waals surface area (Å²) < 4.78 is 11.0. The van der Waals surface area contributed by atoms with Crippen molar-refractivity contribution in [3.8, 4) is 5.75 Å². The van der Waals surface area contributed by atoms with Crippen LogP contribution in [-0.4, -0.2) is 43.5 Å². The molecule has 0 bridgehead atoms. The molecular weight excluding hydrogens is 258 g/mol. The number of carbonyl (C=O) groups is 1. The molecule has 2 rings (SSSR count). The molecule has 0 fully saturated rings. The number of benzene rings is 1. The normalized spacial score (nSPS) is 14.7. The van der Waals surface area contributed by atoms with Crippen molar-refractivity contribution in [1.82, 2.24) is 0 Å². The van der Waals surface area contributed by atoms with Crippen molar-refractivity contribution >= 4 is 11.7 Å². The molecular formula is C15H21NO4. The van der Waals surface area contributed by atoms with E-state index in [1.807, 2.05) is 19.9 Å². The van der Waals surface area contributed by atoms with Crippen LogP contribution in [-0.2, 0) is 4.74 Å². The molecule has 0 aromatic heterocycles. The average molecular weight is 279 g/mol. The number of carboxylic acids is 1. The van der Waals surface area contributed by atoms with Gasteiger partial charge in [0.1, 0.15) is 12.2 Å². The second kappa shape index (κ2) is 5.71. The van der Waals surface area contributed by atoms with Crippen LogP contribution in [0.5, 0.6) is 5.75 Å². The molecule has 1 N–H and O–H groups in total. The third-order valence-corrected chi connectivity index (χ3v) is 3.71. The molecule has 0 aliphatic carbocycles. The van der Waals surface area contributed by atoms with Crippen LogP contribution >= 0.6 is 0 Å². The highest BCUT2D eigenvalue weighted by Crippen LogP contribution is 2.35. The van der Waals surface area contributed by atoms with Crippen molar-refractivity contribution in [2.75, 3.05) is 31.7 Å². The Morgan fingerprint density at radius 3 is 2.90 bits per heavy atom. The number of hydrogen-bond donors (Lipinski definition) is 1. The van der Waals surface area contributed by atoms with Crippen LogP contribution in [0.2, 0.25) is 0 Å². The molecule has 0 atom stereocenters. The SMILES string of the molecule is COC(C)(C)CCN1CCOc2c(C(=O)O)cccc21. The second-order valence-electron chi connectivity index (χ2n) is 5.51. The lowest BCUT2D eigenvalue weighted by Crippen LogP contribution is -2.37. The highest BCUT2D eigenvalue weighted by atomic mass is 16.5. The Labute approximate surface area is 119 Å². The Bertz CT molecular complexity index is 499. The number of carboxylic acid groups (broad SMARTS) is 1. The summed E-state index contributed by atoms with van der Waals surface area (Å²) in [5, 5.41) is 9.21. The fourth-order valence-corrected chi connectivity index (χ4v) is 2.21. The smallest absolute Gasteiger partial charge is 0.339 e. The van der Waals surface area contributed by atoms with Crippen molar-refractivity contribution in [3.05, 3.63) is 23.8 Å². The number of anilines is 1. The van der Waals surface area contributed by atoms with Gasteiger partial charge in [0, 0.05) is 13.7 Å². The van der Waals surface area contributed by atoms with E-state index in [0.717, 1.165) is 25.2 Å². The van der Waals surface area contributed by atoms with Gasteiger partial charge in [-0.25, -0.2) is 4.79 Å². The molecule has 0 radical (unpaired) electrons. The quantitative estimate of drug-likeness (QED) is 0.897. The Morgan fingerprint density at radius 2 is 2.25 bits per heavy atom. The van der Waals surface area contributed by atoms with Crippen molar-refractivity contribution in [2.45, 2.75) is 25.9 Å². The number of fused-ring (bicyclic) bond motifs is 1. The maximum absolute atomic E-state index is 11.2. The number of aromatic carboxylic acids is 1. The van der Waals surface area contributed by atoms with Crippen molar-refractivity contribution in [1.29, 1.82) is 0 Å². The number of methoxy groups -OCH3 is 1. The zero-order chi connectivity index (χ0) is 14.8. The fourth-order valence-electron chi connectivity index (χ4n) is 2.21. The number of para-hydroxylation sites is 1. The molecule has 0 saturated carbocycles. The fraction of sp³-hybridized carbons (Fsp3) is 0.533. The van der Waals surface area contributed by atoms with Crippen molar-refractivity contribution in [2.24, 2.45) is 0 Å². The Kier molecular flexibility index (Phi) is 4.18. The topological polar surface area (TPSA) is 59.0 Å². The van der Waals surface area contributed by atoms with Gasteiger partial charge in [-0.1, -0.05) is 6.07 Å². The maximum Gasteiger partial charge on any atom is 0.339 e. The number of hydrogen-bond acceptors (Lipinski definition) is 4.